The summed E-state index contributed by atoms with van der Waals surface area (Å²) in [5.74, 6) is 0.0290. The third-order valence-corrected chi connectivity index (χ3v) is 7.53. The number of fused-ring (bicyclic) bond motifs is 2. The summed E-state index contributed by atoms with van der Waals surface area (Å²) in [5.41, 5.74) is 5.07. The summed E-state index contributed by atoms with van der Waals surface area (Å²) >= 11 is 0. The molecule has 3 aromatic rings. The molecule has 4 rings (SSSR count). The zero-order chi connectivity index (χ0) is 23.9. The van der Waals surface area contributed by atoms with Crippen LogP contribution < -0.4 is 0 Å². The maximum absolute atomic E-state index is 13.9. The molecule has 0 spiro atoms. The molecule has 0 radical (unpaired) electrons. The summed E-state index contributed by atoms with van der Waals surface area (Å²) in [6.45, 7) is 11.6. The van der Waals surface area contributed by atoms with Crippen LogP contribution in [0, 0.1) is 12.8 Å². The third-order valence-electron chi connectivity index (χ3n) is 7.53. The minimum atomic E-state index is -0.516. The highest BCUT2D eigenvalue weighted by molar-refractivity contribution is 6.03. The molecule has 5 heteroatoms. The number of aryl methyl sites for hydroxylation is 1. The molecule has 1 aliphatic heterocycles. The van der Waals surface area contributed by atoms with E-state index >= 15 is 0 Å². The number of aromatic nitrogens is 1. The van der Waals surface area contributed by atoms with Crippen molar-refractivity contribution in [1.29, 1.82) is 0 Å². The number of hydrogen-bond donors (Lipinski definition) is 0. The van der Waals surface area contributed by atoms with E-state index in [-0.39, 0.29) is 23.8 Å². The molecule has 0 aliphatic carbocycles. The summed E-state index contributed by atoms with van der Waals surface area (Å²) in [6, 6.07) is 15.4. The molecule has 2 heterocycles. The Morgan fingerprint density at radius 1 is 1.03 bits per heavy atom. The van der Waals surface area contributed by atoms with Gasteiger partial charge < -0.3 is 14.4 Å². The van der Waals surface area contributed by atoms with Crippen molar-refractivity contribution in [2.45, 2.75) is 53.1 Å². The van der Waals surface area contributed by atoms with Crippen molar-refractivity contribution in [3.05, 3.63) is 70.9 Å². The topological polar surface area (TPSA) is 45.6 Å². The smallest absolute Gasteiger partial charge is 0.255 e. The molecular weight excluding hydrogens is 410 g/mol. The van der Waals surface area contributed by atoms with E-state index in [4.69, 9.17) is 0 Å². The van der Waals surface area contributed by atoms with Gasteiger partial charge in [-0.25, -0.2) is 0 Å². The van der Waals surface area contributed by atoms with Crippen molar-refractivity contribution in [1.82, 2.24) is 14.4 Å². The average Bonchev–Trinajstić information content (AvgIpc) is 3.25. The molecule has 5 nitrogen and oxygen atoms in total. The van der Waals surface area contributed by atoms with Crippen molar-refractivity contribution >= 4 is 22.7 Å². The zero-order valence-electron chi connectivity index (χ0n) is 20.6. The first-order valence-electron chi connectivity index (χ1n) is 12.1. The Labute approximate surface area is 197 Å². The highest BCUT2D eigenvalue weighted by Gasteiger charge is 2.47. The van der Waals surface area contributed by atoms with E-state index < -0.39 is 6.04 Å². The number of likely N-dealkylation sites (N-methyl/N-ethyl adjacent to an activating group) is 1. The van der Waals surface area contributed by atoms with Gasteiger partial charge in [0.25, 0.3) is 5.91 Å². The van der Waals surface area contributed by atoms with Crippen molar-refractivity contribution in [2.75, 3.05) is 13.1 Å². The van der Waals surface area contributed by atoms with Gasteiger partial charge in [-0.15, -0.1) is 0 Å². The van der Waals surface area contributed by atoms with Gasteiger partial charge in [-0.2, -0.15) is 0 Å². The van der Waals surface area contributed by atoms with Crippen molar-refractivity contribution in [2.24, 2.45) is 13.0 Å². The Kier molecular flexibility index (Phi) is 6.33. The van der Waals surface area contributed by atoms with Crippen LogP contribution in [0.2, 0.25) is 0 Å². The van der Waals surface area contributed by atoms with E-state index in [9.17, 15) is 9.59 Å². The highest BCUT2D eigenvalue weighted by atomic mass is 16.2. The van der Waals surface area contributed by atoms with Crippen LogP contribution in [0.4, 0.5) is 0 Å². The SMILES string of the molecule is CCC(C)C(C(=O)N(CC)CC)N1C(=O)c2ccccc2C1c1c(C)n(C)c2ccccc12. The Balaban J connectivity index is 1.98. The number of nitrogens with zero attached hydrogens (tertiary/aromatic N) is 3. The summed E-state index contributed by atoms with van der Waals surface area (Å²) in [7, 11) is 2.07. The largest absolute Gasteiger partial charge is 0.348 e. The predicted molar refractivity (Wildman–Crippen MR) is 133 cm³/mol. The molecule has 0 bridgehead atoms. The molecule has 0 saturated heterocycles. The van der Waals surface area contributed by atoms with E-state index in [0.29, 0.717) is 18.7 Å². The summed E-state index contributed by atoms with van der Waals surface area (Å²) in [4.78, 5) is 31.6. The Hall–Kier alpha value is -3.08. The number of carbonyl (C=O) groups excluding carboxylic acids is 2. The lowest BCUT2D eigenvalue weighted by Gasteiger charge is -2.38. The second-order valence-electron chi connectivity index (χ2n) is 9.12. The van der Waals surface area contributed by atoms with Crippen molar-refractivity contribution in [3.8, 4) is 0 Å². The fourth-order valence-corrected chi connectivity index (χ4v) is 5.40. The normalized spacial score (nSPS) is 17.3. The van der Waals surface area contributed by atoms with Crippen molar-refractivity contribution < 1.29 is 9.59 Å². The lowest BCUT2D eigenvalue weighted by Crippen LogP contribution is -2.53. The maximum atomic E-state index is 13.9. The predicted octanol–water partition coefficient (Wildman–Crippen LogP) is 5.32. The summed E-state index contributed by atoms with van der Waals surface area (Å²) < 4.78 is 2.19. The molecule has 0 saturated carbocycles. The molecule has 0 fully saturated rings. The lowest BCUT2D eigenvalue weighted by atomic mass is 9.91. The Morgan fingerprint density at radius 3 is 2.33 bits per heavy atom. The molecule has 0 N–H and O–H groups in total. The minimum absolute atomic E-state index is 0.0362. The number of hydrogen-bond acceptors (Lipinski definition) is 2. The Morgan fingerprint density at radius 2 is 1.67 bits per heavy atom. The van der Waals surface area contributed by atoms with Crippen LogP contribution in [-0.4, -0.2) is 45.3 Å². The Bertz CT molecular complexity index is 1190. The van der Waals surface area contributed by atoms with E-state index in [0.717, 1.165) is 34.1 Å². The van der Waals surface area contributed by atoms with Gasteiger partial charge in [0.1, 0.15) is 6.04 Å². The van der Waals surface area contributed by atoms with Crippen LogP contribution in [0.1, 0.15) is 67.3 Å². The number of carbonyl (C=O) groups is 2. The molecule has 2 aromatic carbocycles. The highest BCUT2D eigenvalue weighted by Crippen LogP contribution is 2.45. The summed E-state index contributed by atoms with van der Waals surface area (Å²) in [5, 5.41) is 1.13. The minimum Gasteiger partial charge on any atom is -0.348 e. The van der Waals surface area contributed by atoms with E-state index in [1.807, 2.05) is 54.0 Å². The molecule has 1 aliphatic rings. The number of rotatable bonds is 7. The first-order chi connectivity index (χ1) is 15.9. The molecule has 3 atom stereocenters. The monoisotopic (exact) mass is 445 g/mol. The summed E-state index contributed by atoms with van der Waals surface area (Å²) in [6.07, 6.45) is 0.818. The van der Waals surface area contributed by atoms with Crippen LogP contribution in [0.25, 0.3) is 10.9 Å². The molecule has 3 unspecified atom stereocenters. The molecule has 33 heavy (non-hydrogen) atoms. The molecule has 2 amide bonds. The molecular formula is C28H35N3O2. The van der Waals surface area contributed by atoms with Crippen LogP contribution in [-0.2, 0) is 11.8 Å². The zero-order valence-corrected chi connectivity index (χ0v) is 20.6. The lowest BCUT2D eigenvalue weighted by molar-refractivity contribution is -0.138. The second kappa shape index (κ2) is 9.05. The van der Waals surface area contributed by atoms with Gasteiger partial charge in [0.15, 0.2) is 0 Å². The maximum Gasteiger partial charge on any atom is 0.255 e. The van der Waals surface area contributed by atoms with Crippen LogP contribution >= 0.6 is 0 Å². The van der Waals surface area contributed by atoms with Crippen molar-refractivity contribution in [3.63, 3.8) is 0 Å². The van der Waals surface area contributed by atoms with Crippen LogP contribution in [0.15, 0.2) is 48.5 Å². The number of amides is 2. The van der Waals surface area contributed by atoms with E-state index in [2.05, 4.69) is 50.6 Å². The van der Waals surface area contributed by atoms with E-state index in [1.165, 1.54) is 0 Å². The van der Waals surface area contributed by atoms with Gasteiger partial charge in [-0.1, -0.05) is 56.7 Å². The fourth-order valence-electron chi connectivity index (χ4n) is 5.40. The first kappa shape index (κ1) is 23.1. The van der Waals surface area contributed by atoms with Gasteiger partial charge >= 0.3 is 0 Å². The number of para-hydroxylation sites is 1. The van der Waals surface area contributed by atoms with Gasteiger partial charge in [-0.3, -0.25) is 9.59 Å². The molecule has 1 aromatic heterocycles. The fraction of sp³-hybridized carbons (Fsp3) is 0.429. The first-order valence-corrected chi connectivity index (χ1v) is 12.1. The average molecular weight is 446 g/mol. The van der Waals surface area contributed by atoms with Gasteiger partial charge in [0.05, 0.1) is 6.04 Å². The quantitative estimate of drug-likeness (QED) is 0.494. The van der Waals surface area contributed by atoms with Crippen LogP contribution in [0.3, 0.4) is 0 Å². The second-order valence-corrected chi connectivity index (χ2v) is 9.12. The van der Waals surface area contributed by atoms with Gasteiger partial charge in [-0.05, 0) is 44.4 Å². The van der Waals surface area contributed by atoms with Crippen LogP contribution in [0.5, 0.6) is 0 Å². The van der Waals surface area contributed by atoms with Gasteiger partial charge in [0.2, 0.25) is 5.91 Å². The number of benzene rings is 2. The van der Waals surface area contributed by atoms with Gasteiger partial charge in [0, 0.05) is 47.9 Å². The third kappa shape index (κ3) is 3.54. The standard InChI is InChI=1S/C28H35N3O2/c1-7-18(4)25(28(33)30(8-2)9-3)31-26(20-14-10-11-15-21(20)27(31)32)24-19(5)29(6)23-17-13-12-16-22(23)24/h10-18,25-26H,7-9H2,1-6H3. The molecule has 174 valence electrons. The van der Waals surface area contributed by atoms with E-state index in [1.54, 1.807) is 0 Å².